The average molecular weight is 213 g/mol. The van der Waals surface area contributed by atoms with Crippen molar-refractivity contribution in [1.82, 2.24) is 0 Å². The normalized spacial score (nSPS) is 13.1. The van der Waals surface area contributed by atoms with E-state index in [2.05, 4.69) is 12.1 Å². The van der Waals surface area contributed by atoms with Gasteiger partial charge < -0.3 is 4.74 Å². The first-order valence-corrected chi connectivity index (χ1v) is 5.54. The van der Waals surface area contributed by atoms with Crippen LogP contribution in [0.4, 0.5) is 0 Å². The van der Waals surface area contributed by atoms with Crippen LogP contribution in [0.25, 0.3) is 0 Å². The highest BCUT2D eigenvalue weighted by atomic mass is 35.5. The third-order valence-electron chi connectivity index (χ3n) is 1.98. The van der Waals surface area contributed by atoms with Gasteiger partial charge in [0, 0.05) is 5.88 Å². The zero-order valence-corrected chi connectivity index (χ0v) is 9.50. The molecule has 0 spiro atoms. The van der Waals surface area contributed by atoms with E-state index in [1.807, 2.05) is 32.0 Å². The highest BCUT2D eigenvalue weighted by Gasteiger charge is 2.12. The zero-order valence-electron chi connectivity index (χ0n) is 8.74. The molecule has 0 saturated carbocycles. The molecule has 0 aliphatic rings. The topological polar surface area (TPSA) is 9.23 Å². The minimum atomic E-state index is 0.133. The molecule has 1 aromatic rings. The molecule has 0 amide bonds. The molecule has 1 rings (SSSR count). The number of alkyl halides is 1. The number of halogens is 1. The highest BCUT2D eigenvalue weighted by molar-refractivity contribution is 6.17. The summed E-state index contributed by atoms with van der Waals surface area (Å²) in [5.74, 6) is 0.631. The van der Waals surface area contributed by atoms with E-state index in [0.29, 0.717) is 5.88 Å². The molecule has 1 atom stereocenters. The summed E-state index contributed by atoms with van der Waals surface area (Å²) in [7, 11) is 0. The first-order chi connectivity index (χ1) is 6.74. The van der Waals surface area contributed by atoms with Crippen molar-refractivity contribution in [2.45, 2.75) is 32.5 Å². The Balaban J connectivity index is 2.67. The Labute approximate surface area is 91.0 Å². The van der Waals surface area contributed by atoms with Crippen LogP contribution in [0.5, 0.6) is 0 Å². The second kappa shape index (κ2) is 6.05. The quantitative estimate of drug-likeness (QED) is 0.675. The van der Waals surface area contributed by atoms with Gasteiger partial charge in [-0.1, -0.05) is 30.3 Å². The van der Waals surface area contributed by atoms with Gasteiger partial charge in [-0.2, -0.15) is 0 Å². The van der Waals surface area contributed by atoms with Crippen molar-refractivity contribution >= 4 is 11.6 Å². The minimum absolute atomic E-state index is 0.133. The standard InChI is InChI=1S/C12H17ClO/c1-10(2)14-12(8-9-13)11-6-4-3-5-7-11/h3-7,10,12H,8-9H2,1-2H3/t12-/m0/s1. The lowest BCUT2D eigenvalue weighted by molar-refractivity contribution is 0.00499. The third-order valence-corrected chi connectivity index (χ3v) is 2.20. The van der Waals surface area contributed by atoms with Gasteiger partial charge in [0.2, 0.25) is 0 Å². The van der Waals surface area contributed by atoms with Crippen molar-refractivity contribution < 1.29 is 4.74 Å². The van der Waals surface area contributed by atoms with Gasteiger partial charge in [0.15, 0.2) is 0 Å². The van der Waals surface area contributed by atoms with Crippen LogP contribution in [0.15, 0.2) is 30.3 Å². The Kier molecular flexibility index (Phi) is 4.99. The van der Waals surface area contributed by atoms with E-state index in [0.717, 1.165) is 6.42 Å². The van der Waals surface area contributed by atoms with Crippen molar-refractivity contribution in [2.24, 2.45) is 0 Å². The van der Waals surface area contributed by atoms with Crippen LogP contribution >= 0.6 is 11.6 Å². The van der Waals surface area contributed by atoms with E-state index in [-0.39, 0.29) is 12.2 Å². The SMILES string of the molecule is CC(C)O[C@@H](CCCl)c1ccccc1. The first-order valence-electron chi connectivity index (χ1n) is 5.00. The molecule has 0 heterocycles. The van der Waals surface area contributed by atoms with Gasteiger partial charge in [-0.05, 0) is 25.8 Å². The summed E-state index contributed by atoms with van der Waals surface area (Å²) in [5, 5.41) is 0. The van der Waals surface area contributed by atoms with Gasteiger partial charge in [0.1, 0.15) is 0 Å². The number of hydrogen-bond donors (Lipinski definition) is 0. The maximum absolute atomic E-state index is 5.79. The monoisotopic (exact) mass is 212 g/mol. The second-order valence-electron chi connectivity index (χ2n) is 3.56. The smallest absolute Gasteiger partial charge is 0.0839 e. The highest BCUT2D eigenvalue weighted by Crippen LogP contribution is 2.22. The second-order valence-corrected chi connectivity index (χ2v) is 3.94. The molecule has 78 valence electrons. The maximum Gasteiger partial charge on any atom is 0.0839 e. The Morgan fingerprint density at radius 2 is 1.86 bits per heavy atom. The van der Waals surface area contributed by atoms with Gasteiger partial charge in [0.05, 0.1) is 12.2 Å². The minimum Gasteiger partial charge on any atom is -0.371 e. The maximum atomic E-state index is 5.79. The molecule has 1 nitrogen and oxygen atoms in total. The van der Waals surface area contributed by atoms with Crippen LogP contribution in [0.2, 0.25) is 0 Å². The molecular formula is C12H17ClO. The Morgan fingerprint density at radius 3 is 2.36 bits per heavy atom. The van der Waals surface area contributed by atoms with Crippen molar-refractivity contribution in [1.29, 1.82) is 0 Å². The molecule has 0 aliphatic carbocycles. The van der Waals surface area contributed by atoms with Crippen molar-refractivity contribution in [3.63, 3.8) is 0 Å². The Morgan fingerprint density at radius 1 is 1.21 bits per heavy atom. The number of ether oxygens (including phenoxy) is 1. The molecule has 0 aromatic heterocycles. The van der Waals surface area contributed by atoms with Crippen LogP contribution in [-0.2, 0) is 4.74 Å². The Hall–Kier alpha value is -0.530. The molecule has 0 fully saturated rings. The third kappa shape index (κ3) is 3.69. The van der Waals surface area contributed by atoms with Gasteiger partial charge >= 0.3 is 0 Å². The van der Waals surface area contributed by atoms with Crippen molar-refractivity contribution in [2.75, 3.05) is 5.88 Å². The summed E-state index contributed by atoms with van der Waals surface area (Å²) in [6.07, 6.45) is 1.24. The van der Waals surface area contributed by atoms with Crippen LogP contribution in [0.1, 0.15) is 31.9 Å². The molecule has 0 unspecified atom stereocenters. The molecular weight excluding hydrogens is 196 g/mol. The van der Waals surface area contributed by atoms with Gasteiger partial charge in [-0.15, -0.1) is 11.6 Å². The summed E-state index contributed by atoms with van der Waals surface area (Å²) in [6.45, 7) is 4.09. The number of benzene rings is 1. The summed E-state index contributed by atoms with van der Waals surface area (Å²) >= 11 is 5.75. The lowest BCUT2D eigenvalue weighted by Gasteiger charge is -2.19. The predicted molar refractivity (Wildman–Crippen MR) is 60.7 cm³/mol. The number of hydrogen-bond acceptors (Lipinski definition) is 1. The molecule has 14 heavy (non-hydrogen) atoms. The van der Waals surface area contributed by atoms with Crippen LogP contribution in [-0.4, -0.2) is 12.0 Å². The molecule has 1 aromatic carbocycles. The van der Waals surface area contributed by atoms with E-state index in [9.17, 15) is 0 Å². The summed E-state index contributed by atoms with van der Waals surface area (Å²) < 4.78 is 5.79. The molecule has 0 aliphatic heterocycles. The molecule has 0 bridgehead atoms. The van der Waals surface area contributed by atoms with Crippen LogP contribution < -0.4 is 0 Å². The van der Waals surface area contributed by atoms with Gasteiger partial charge in [0.25, 0.3) is 0 Å². The molecule has 0 saturated heterocycles. The fourth-order valence-electron chi connectivity index (χ4n) is 1.41. The van der Waals surface area contributed by atoms with Crippen LogP contribution in [0, 0.1) is 0 Å². The van der Waals surface area contributed by atoms with E-state index >= 15 is 0 Å². The van der Waals surface area contributed by atoms with E-state index in [4.69, 9.17) is 16.3 Å². The van der Waals surface area contributed by atoms with Crippen molar-refractivity contribution in [3.8, 4) is 0 Å². The zero-order chi connectivity index (χ0) is 10.4. The summed E-state index contributed by atoms with van der Waals surface area (Å²) in [4.78, 5) is 0. The lowest BCUT2D eigenvalue weighted by atomic mass is 10.1. The van der Waals surface area contributed by atoms with Crippen molar-refractivity contribution in [3.05, 3.63) is 35.9 Å². The molecule has 2 heteroatoms. The summed E-state index contributed by atoms with van der Waals surface area (Å²) in [6, 6.07) is 10.2. The largest absolute Gasteiger partial charge is 0.371 e. The predicted octanol–water partition coefficient (Wildman–Crippen LogP) is 3.78. The number of rotatable bonds is 5. The fraction of sp³-hybridized carbons (Fsp3) is 0.500. The molecule has 0 N–H and O–H groups in total. The molecule has 0 radical (unpaired) electrons. The summed E-state index contributed by atoms with van der Waals surface area (Å²) in [5.41, 5.74) is 1.21. The Bertz CT molecular complexity index is 246. The van der Waals surface area contributed by atoms with E-state index in [1.165, 1.54) is 5.56 Å². The lowest BCUT2D eigenvalue weighted by Crippen LogP contribution is -2.11. The fourth-order valence-corrected chi connectivity index (χ4v) is 1.61. The van der Waals surface area contributed by atoms with Crippen LogP contribution in [0.3, 0.4) is 0 Å². The van der Waals surface area contributed by atoms with E-state index in [1.54, 1.807) is 0 Å². The average Bonchev–Trinajstić information content (AvgIpc) is 2.18. The van der Waals surface area contributed by atoms with E-state index < -0.39 is 0 Å². The van der Waals surface area contributed by atoms with Gasteiger partial charge in [-0.3, -0.25) is 0 Å². The first kappa shape index (κ1) is 11.5. The van der Waals surface area contributed by atoms with Gasteiger partial charge in [-0.25, -0.2) is 0 Å².